The molecule has 1 N–H and O–H groups in total. The summed E-state index contributed by atoms with van der Waals surface area (Å²) in [5, 5.41) is 3.38. The Balaban J connectivity index is 0. The third kappa shape index (κ3) is 12.0. The van der Waals surface area contributed by atoms with Crippen molar-refractivity contribution >= 4 is 0 Å². The van der Waals surface area contributed by atoms with Crippen molar-refractivity contribution in [3.05, 3.63) is 0 Å². The highest BCUT2D eigenvalue weighted by Crippen LogP contribution is 2.10. The number of hydrogen-bond acceptors (Lipinski definition) is 2. The van der Waals surface area contributed by atoms with E-state index in [9.17, 15) is 0 Å². The van der Waals surface area contributed by atoms with E-state index in [2.05, 4.69) is 26.1 Å². The highest BCUT2D eigenvalue weighted by Gasteiger charge is 1.97. The molecule has 0 aliphatic carbocycles. The smallest absolute Gasteiger partial charge is 0.0478 e. The van der Waals surface area contributed by atoms with Crippen LogP contribution in [-0.4, -0.2) is 26.3 Å². The predicted molar refractivity (Wildman–Crippen MR) is 74.0 cm³/mol. The van der Waals surface area contributed by atoms with Gasteiger partial charge >= 0.3 is 0 Å². The Labute approximate surface area is 104 Å². The fourth-order valence-corrected chi connectivity index (χ4v) is 1.60. The van der Waals surface area contributed by atoms with Gasteiger partial charge in [-0.2, -0.15) is 0 Å². The fraction of sp³-hybridized carbons (Fsp3) is 1.00. The monoisotopic (exact) mass is 231 g/mol. The van der Waals surface area contributed by atoms with Crippen LogP contribution in [0.4, 0.5) is 0 Å². The molecule has 0 amide bonds. The van der Waals surface area contributed by atoms with Gasteiger partial charge in [0.05, 0.1) is 0 Å². The molecular formula is C14H33NO. The van der Waals surface area contributed by atoms with Gasteiger partial charge in [0.25, 0.3) is 0 Å². The van der Waals surface area contributed by atoms with Gasteiger partial charge in [-0.1, -0.05) is 40.0 Å². The lowest BCUT2D eigenvalue weighted by atomic mass is 10.0. The minimum Gasteiger partial charge on any atom is -0.381 e. The quantitative estimate of drug-likeness (QED) is 0.515. The van der Waals surface area contributed by atoms with Gasteiger partial charge in [0.1, 0.15) is 0 Å². The Hall–Kier alpha value is -0.0800. The predicted octanol–water partition coefficient (Wildman–Crippen LogP) is 3.86. The first-order chi connectivity index (χ1) is 7.81. The summed E-state index contributed by atoms with van der Waals surface area (Å²) in [6.07, 6.45) is 7.58. The van der Waals surface area contributed by atoms with Gasteiger partial charge in [-0.3, -0.25) is 0 Å². The Bertz CT molecular complexity index is 133. The Morgan fingerprint density at radius 3 is 2.50 bits per heavy atom. The largest absolute Gasteiger partial charge is 0.381 e. The van der Waals surface area contributed by atoms with Gasteiger partial charge in [-0.25, -0.2) is 0 Å². The molecule has 0 aromatic heterocycles. The Morgan fingerprint density at radius 2 is 1.81 bits per heavy atom. The van der Waals surface area contributed by atoms with E-state index in [0.717, 1.165) is 38.6 Å². The summed E-state index contributed by atoms with van der Waals surface area (Å²) >= 11 is 0. The van der Waals surface area contributed by atoms with Crippen LogP contribution < -0.4 is 5.32 Å². The van der Waals surface area contributed by atoms with E-state index in [-0.39, 0.29) is 1.43 Å². The molecule has 0 radical (unpaired) electrons. The minimum absolute atomic E-state index is 0. The Morgan fingerprint density at radius 1 is 1.06 bits per heavy atom. The molecule has 2 heteroatoms. The van der Waals surface area contributed by atoms with Crippen molar-refractivity contribution in [1.29, 1.82) is 0 Å². The molecule has 1 unspecified atom stereocenters. The second-order valence-electron chi connectivity index (χ2n) is 4.73. The summed E-state index contributed by atoms with van der Waals surface area (Å²) in [6.45, 7) is 10.9. The first-order valence-corrected chi connectivity index (χ1v) is 7.09. The van der Waals surface area contributed by atoms with E-state index in [1.165, 1.54) is 32.1 Å². The molecule has 0 fully saturated rings. The molecule has 1 atom stereocenters. The maximum Gasteiger partial charge on any atom is 0.0478 e. The zero-order valence-electron chi connectivity index (χ0n) is 11.6. The van der Waals surface area contributed by atoms with Crippen molar-refractivity contribution in [3.8, 4) is 0 Å². The van der Waals surface area contributed by atoms with Gasteiger partial charge in [0.2, 0.25) is 0 Å². The maximum absolute atomic E-state index is 5.59. The van der Waals surface area contributed by atoms with Crippen molar-refractivity contribution in [3.63, 3.8) is 0 Å². The van der Waals surface area contributed by atoms with Gasteiger partial charge < -0.3 is 10.1 Å². The van der Waals surface area contributed by atoms with Gasteiger partial charge in [-0.05, 0) is 38.3 Å². The molecule has 0 aliphatic heterocycles. The molecule has 16 heavy (non-hydrogen) atoms. The third-order valence-corrected chi connectivity index (χ3v) is 3.00. The molecule has 0 rings (SSSR count). The number of unbranched alkanes of at least 4 members (excludes halogenated alkanes) is 1. The van der Waals surface area contributed by atoms with Gasteiger partial charge in [0.15, 0.2) is 0 Å². The number of hydrogen-bond donors (Lipinski definition) is 1. The summed E-state index contributed by atoms with van der Waals surface area (Å²) in [4.78, 5) is 0. The van der Waals surface area contributed by atoms with Gasteiger partial charge in [-0.15, -0.1) is 0 Å². The second kappa shape index (κ2) is 13.0. The first-order valence-electron chi connectivity index (χ1n) is 7.09. The summed E-state index contributed by atoms with van der Waals surface area (Å²) < 4.78 is 5.59. The zero-order chi connectivity index (χ0) is 12.1. The molecule has 0 aromatic rings. The molecule has 0 bridgehead atoms. The van der Waals surface area contributed by atoms with Crippen LogP contribution in [0.3, 0.4) is 0 Å². The van der Waals surface area contributed by atoms with Crippen molar-refractivity contribution in [2.75, 3.05) is 26.3 Å². The maximum atomic E-state index is 5.59. The lowest BCUT2D eigenvalue weighted by Crippen LogP contribution is -2.17. The highest BCUT2D eigenvalue weighted by molar-refractivity contribution is 4.50. The highest BCUT2D eigenvalue weighted by atomic mass is 16.5. The summed E-state index contributed by atoms with van der Waals surface area (Å²) in [6, 6.07) is 0. The average Bonchev–Trinajstić information content (AvgIpc) is 2.31. The standard InChI is InChI=1S/C14H31NO.H2/c1-4-10-15-11-8-13-16-12-7-6-9-14(3)5-2;/h14-15H,4-13H2,1-3H3;1H. The van der Waals surface area contributed by atoms with E-state index in [4.69, 9.17) is 4.74 Å². The van der Waals surface area contributed by atoms with Crippen molar-refractivity contribution in [1.82, 2.24) is 5.32 Å². The number of ether oxygens (including phenoxy) is 1. The van der Waals surface area contributed by atoms with Crippen LogP contribution in [0.5, 0.6) is 0 Å². The molecule has 0 aromatic carbocycles. The van der Waals surface area contributed by atoms with Crippen LogP contribution in [-0.2, 0) is 4.74 Å². The molecule has 100 valence electrons. The van der Waals surface area contributed by atoms with Gasteiger partial charge in [0, 0.05) is 14.6 Å². The number of nitrogens with one attached hydrogen (secondary N) is 1. The molecule has 2 nitrogen and oxygen atoms in total. The summed E-state index contributed by atoms with van der Waals surface area (Å²) in [7, 11) is 0. The molecule has 0 saturated carbocycles. The normalized spacial score (nSPS) is 12.9. The van der Waals surface area contributed by atoms with E-state index >= 15 is 0 Å². The van der Waals surface area contributed by atoms with Crippen LogP contribution in [0.2, 0.25) is 0 Å². The van der Waals surface area contributed by atoms with Crippen molar-refractivity contribution in [2.24, 2.45) is 5.92 Å². The van der Waals surface area contributed by atoms with Crippen LogP contribution in [0.25, 0.3) is 0 Å². The van der Waals surface area contributed by atoms with E-state index in [0.29, 0.717) is 0 Å². The minimum atomic E-state index is 0. The zero-order valence-corrected chi connectivity index (χ0v) is 11.6. The topological polar surface area (TPSA) is 21.3 Å². The van der Waals surface area contributed by atoms with E-state index in [1.807, 2.05) is 0 Å². The lowest BCUT2D eigenvalue weighted by Gasteiger charge is -2.08. The second-order valence-corrected chi connectivity index (χ2v) is 4.73. The average molecular weight is 231 g/mol. The Kier molecular flexibility index (Phi) is 12.9. The van der Waals surface area contributed by atoms with Crippen molar-refractivity contribution in [2.45, 2.75) is 59.3 Å². The SMILES string of the molecule is CCCNCCCOCCCCC(C)CC.[HH]. The first kappa shape index (κ1) is 15.9. The summed E-state index contributed by atoms with van der Waals surface area (Å²) in [5.74, 6) is 0.887. The third-order valence-electron chi connectivity index (χ3n) is 3.00. The molecule has 0 saturated heterocycles. The van der Waals surface area contributed by atoms with Crippen molar-refractivity contribution < 1.29 is 6.16 Å². The van der Waals surface area contributed by atoms with Crippen LogP contribution in [0, 0.1) is 5.92 Å². The molecular weight excluding hydrogens is 198 g/mol. The fourth-order valence-electron chi connectivity index (χ4n) is 1.60. The summed E-state index contributed by atoms with van der Waals surface area (Å²) in [5.41, 5.74) is 0. The molecule has 0 aliphatic rings. The number of rotatable bonds is 12. The molecule has 0 heterocycles. The van der Waals surface area contributed by atoms with Crippen LogP contribution >= 0.6 is 0 Å². The lowest BCUT2D eigenvalue weighted by molar-refractivity contribution is 0.126. The van der Waals surface area contributed by atoms with Crippen LogP contribution in [0.15, 0.2) is 0 Å². The van der Waals surface area contributed by atoms with E-state index in [1.54, 1.807) is 0 Å². The van der Waals surface area contributed by atoms with E-state index < -0.39 is 0 Å². The van der Waals surface area contributed by atoms with Crippen LogP contribution in [0.1, 0.15) is 60.7 Å². The molecule has 0 spiro atoms.